The number of rotatable bonds is 0. The lowest BCUT2D eigenvalue weighted by molar-refractivity contribution is 0.557. The van der Waals surface area contributed by atoms with Gasteiger partial charge in [-0.25, -0.2) is 4.39 Å². The number of nitrogens with zero attached hydrogens (tertiary/aromatic N) is 1. The first-order valence-electron chi connectivity index (χ1n) is 5.71. The van der Waals surface area contributed by atoms with E-state index in [4.69, 9.17) is 5.73 Å². The molecule has 1 aromatic carbocycles. The third kappa shape index (κ3) is 1.21. The zero-order valence-corrected chi connectivity index (χ0v) is 9.33. The van der Waals surface area contributed by atoms with Gasteiger partial charge in [0.1, 0.15) is 5.82 Å². The van der Waals surface area contributed by atoms with Crippen LogP contribution in [0.5, 0.6) is 0 Å². The molecule has 1 unspecified atom stereocenters. The summed E-state index contributed by atoms with van der Waals surface area (Å²) in [5.41, 5.74) is 9.62. The van der Waals surface area contributed by atoms with Crippen molar-refractivity contribution in [3.8, 4) is 0 Å². The van der Waals surface area contributed by atoms with Crippen molar-refractivity contribution in [1.29, 1.82) is 0 Å². The highest BCUT2D eigenvalue weighted by atomic mass is 19.1. The predicted octanol–water partition coefficient (Wildman–Crippen LogP) is 2.65. The number of hydrogen-bond donors (Lipinski definition) is 1. The van der Waals surface area contributed by atoms with Crippen molar-refractivity contribution in [2.75, 3.05) is 0 Å². The number of aryl methyl sites for hydroxylation is 1. The van der Waals surface area contributed by atoms with Crippen molar-refractivity contribution in [2.24, 2.45) is 12.8 Å². The minimum absolute atomic E-state index is 0.109. The molecule has 0 fully saturated rings. The van der Waals surface area contributed by atoms with E-state index in [1.54, 1.807) is 6.07 Å². The van der Waals surface area contributed by atoms with Crippen molar-refractivity contribution in [3.63, 3.8) is 0 Å². The molecule has 1 aliphatic rings. The van der Waals surface area contributed by atoms with Crippen molar-refractivity contribution in [1.82, 2.24) is 4.57 Å². The van der Waals surface area contributed by atoms with Gasteiger partial charge < -0.3 is 10.3 Å². The summed E-state index contributed by atoms with van der Waals surface area (Å²) in [7, 11) is 2.00. The Morgan fingerprint density at radius 2 is 2.25 bits per heavy atom. The summed E-state index contributed by atoms with van der Waals surface area (Å²) in [4.78, 5) is 0. The zero-order chi connectivity index (χ0) is 11.3. The molecule has 1 aliphatic carbocycles. The van der Waals surface area contributed by atoms with Crippen LogP contribution < -0.4 is 5.73 Å². The summed E-state index contributed by atoms with van der Waals surface area (Å²) >= 11 is 0. The topological polar surface area (TPSA) is 30.9 Å². The minimum atomic E-state index is -0.181. The second-order valence-electron chi connectivity index (χ2n) is 4.58. The third-order valence-electron chi connectivity index (χ3n) is 3.63. The van der Waals surface area contributed by atoms with Crippen LogP contribution in [-0.4, -0.2) is 4.57 Å². The summed E-state index contributed by atoms with van der Waals surface area (Å²) in [6.07, 6.45) is 3.21. The van der Waals surface area contributed by atoms with E-state index in [2.05, 4.69) is 4.57 Å². The van der Waals surface area contributed by atoms with Crippen LogP contribution in [0, 0.1) is 5.82 Å². The Morgan fingerprint density at radius 3 is 3.06 bits per heavy atom. The lowest BCUT2D eigenvalue weighted by Crippen LogP contribution is -2.17. The van der Waals surface area contributed by atoms with E-state index in [-0.39, 0.29) is 11.9 Å². The Labute approximate surface area is 93.9 Å². The lowest BCUT2D eigenvalue weighted by Gasteiger charge is -2.20. The summed E-state index contributed by atoms with van der Waals surface area (Å²) in [5, 5.41) is 1.12. The molecule has 0 spiro atoms. The minimum Gasteiger partial charge on any atom is -0.347 e. The lowest BCUT2D eigenvalue weighted by atomic mass is 9.91. The molecule has 0 saturated carbocycles. The summed E-state index contributed by atoms with van der Waals surface area (Å²) in [5.74, 6) is -0.181. The standard InChI is InChI=1S/C13H15FN2/c1-16-11-4-2-3-10(15)13(11)9-6-5-8(14)7-12(9)16/h5-7,10H,2-4,15H2,1H3. The number of hydrogen-bond acceptors (Lipinski definition) is 1. The predicted molar refractivity (Wildman–Crippen MR) is 62.7 cm³/mol. The number of aromatic nitrogens is 1. The molecule has 16 heavy (non-hydrogen) atoms. The Morgan fingerprint density at radius 1 is 1.44 bits per heavy atom. The first-order chi connectivity index (χ1) is 7.68. The highest BCUT2D eigenvalue weighted by molar-refractivity contribution is 5.86. The number of nitrogens with two attached hydrogens (primary N) is 1. The maximum Gasteiger partial charge on any atom is 0.125 e. The quantitative estimate of drug-likeness (QED) is 0.724. The SMILES string of the molecule is Cn1c2c(c3ccc(F)cc31)C(N)CCC2. The van der Waals surface area contributed by atoms with Gasteiger partial charge in [-0.15, -0.1) is 0 Å². The molecular weight excluding hydrogens is 203 g/mol. The van der Waals surface area contributed by atoms with Gasteiger partial charge in [0.05, 0.1) is 5.52 Å². The van der Waals surface area contributed by atoms with Gasteiger partial charge in [-0.2, -0.15) is 0 Å². The molecule has 3 rings (SSSR count). The molecule has 1 atom stereocenters. The van der Waals surface area contributed by atoms with Crippen LogP contribution in [0.4, 0.5) is 4.39 Å². The summed E-state index contributed by atoms with van der Waals surface area (Å²) in [6, 6.07) is 5.08. The van der Waals surface area contributed by atoms with Gasteiger partial charge in [-0.3, -0.25) is 0 Å². The van der Waals surface area contributed by atoms with Gasteiger partial charge in [0.2, 0.25) is 0 Å². The Kier molecular flexibility index (Phi) is 2.04. The molecule has 1 aromatic heterocycles. The molecule has 2 aromatic rings. The second-order valence-corrected chi connectivity index (χ2v) is 4.58. The fraction of sp³-hybridized carbons (Fsp3) is 0.385. The van der Waals surface area contributed by atoms with E-state index in [0.29, 0.717) is 0 Å². The van der Waals surface area contributed by atoms with Crippen molar-refractivity contribution < 1.29 is 4.39 Å². The average molecular weight is 218 g/mol. The van der Waals surface area contributed by atoms with Gasteiger partial charge in [-0.1, -0.05) is 0 Å². The van der Waals surface area contributed by atoms with Gasteiger partial charge in [0.25, 0.3) is 0 Å². The van der Waals surface area contributed by atoms with Gasteiger partial charge in [0, 0.05) is 24.2 Å². The Bertz CT molecular complexity index is 557. The fourth-order valence-electron chi connectivity index (χ4n) is 2.84. The molecule has 0 aliphatic heterocycles. The Balaban J connectivity index is 2.39. The average Bonchev–Trinajstić information content (AvgIpc) is 2.55. The van der Waals surface area contributed by atoms with Crippen LogP contribution in [0.15, 0.2) is 18.2 Å². The van der Waals surface area contributed by atoms with Crippen LogP contribution in [0.3, 0.4) is 0 Å². The second kappa shape index (κ2) is 3.32. The molecular formula is C13H15FN2. The highest BCUT2D eigenvalue weighted by Gasteiger charge is 2.23. The van der Waals surface area contributed by atoms with Crippen LogP contribution in [0.2, 0.25) is 0 Å². The molecule has 2 nitrogen and oxygen atoms in total. The molecule has 84 valence electrons. The normalized spacial score (nSPS) is 20.1. The largest absolute Gasteiger partial charge is 0.347 e. The fourth-order valence-corrected chi connectivity index (χ4v) is 2.84. The van der Waals surface area contributed by atoms with Gasteiger partial charge >= 0.3 is 0 Å². The molecule has 0 bridgehead atoms. The highest BCUT2D eigenvalue weighted by Crippen LogP contribution is 2.36. The number of fused-ring (bicyclic) bond motifs is 3. The van der Waals surface area contributed by atoms with Crippen LogP contribution >= 0.6 is 0 Å². The van der Waals surface area contributed by atoms with Gasteiger partial charge in [0.15, 0.2) is 0 Å². The van der Waals surface area contributed by atoms with Crippen molar-refractivity contribution >= 4 is 10.9 Å². The number of benzene rings is 1. The first kappa shape index (κ1) is 9.85. The molecule has 3 heteroatoms. The zero-order valence-electron chi connectivity index (χ0n) is 9.33. The van der Waals surface area contributed by atoms with E-state index in [1.807, 2.05) is 13.1 Å². The van der Waals surface area contributed by atoms with E-state index in [1.165, 1.54) is 17.3 Å². The number of halogens is 1. The maximum absolute atomic E-state index is 13.2. The summed E-state index contributed by atoms with van der Waals surface area (Å²) in [6.45, 7) is 0. The van der Waals surface area contributed by atoms with Crippen molar-refractivity contribution in [3.05, 3.63) is 35.3 Å². The van der Waals surface area contributed by atoms with E-state index in [9.17, 15) is 4.39 Å². The van der Waals surface area contributed by atoms with E-state index in [0.717, 1.165) is 30.2 Å². The summed E-state index contributed by atoms with van der Waals surface area (Å²) < 4.78 is 15.3. The van der Waals surface area contributed by atoms with Crippen LogP contribution in [-0.2, 0) is 13.5 Å². The molecule has 2 N–H and O–H groups in total. The molecule has 0 amide bonds. The van der Waals surface area contributed by atoms with Crippen LogP contribution in [0.1, 0.15) is 30.1 Å². The first-order valence-corrected chi connectivity index (χ1v) is 5.71. The van der Waals surface area contributed by atoms with E-state index >= 15 is 0 Å². The maximum atomic E-state index is 13.2. The van der Waals surface area contributed by atoms with Crippen molar-refractivity contribution in [2.45, 2.75) is 25.3 Å². The van der Waals surface area contributed by atoms with Gasteiger partial charge in [-0.05, 0) is 43.0 Å². The monoisotopic (exact) mass is 218 g/mol. The molecule has 0 saturated heterocycles. The smallest absolute Gasteiger partial charge is 0.125 e. The third-order valence-corrected chi connectivity index (χ3v) is 3.63. The molecule has 0 radical (unpaired) electrons. The van der Waals surface area contributed by atoms with Crippen LogP contribution in [0.25, 0.3) is 10.9 Å². The van der Waals surface area contributed by atoms with E-state index < -0.39 is 0 Å². The molecule has 1 heterocycles. The Hall–Kier alpha value is -1.35.